The Morgan fingerprint density at radius 2 is 1.84 bits per heavy atom. The number of carboxylic acid groups (broad SMARTS) is 1. The van der Waals surface area contributed by atoms with E-state index in [1.807, 2.05) is 36.0 Å². The highest BCUT2D eigenvalue weighted by atomic mass is 32.2. The summed E-state index contributed by atoms with van der Waals surface area (Å²) in [6.07, 6.45) is 0.671. The summed E-state index contributed by atoms with van der Waals surface area (Å²) in [6.45, 7) is 2.14. The monoisotopic (exact) mass is 439 g/mol. The largest absolute Gasteiger partial charge is 0.493 e. The second-order valence-electron chi connectivity index (χ2n) is 7.78. The van der Waals surface area contributed by atoms with Gasteiger partial charge in [-0.2, -0.15) is 11.8 Å². The van der Waals surface area contributed by atoms with Gasteiger partial charge in [-0.25, -0.2) is 0 Å². The summed E-state index contributed by atoms with van der Waals surface area (Å²) >= 11 is 1.90. The van der Waals surface area contributed by atoms with Crippen molar-refractivity contribution in [3.8, 4) is 5.75 Å². The Bertz CT molecular complexity index is 987. The maximum atomic E-state index is 12.7. The number of carboxylic acids is 1. The molecule has 2 aromatic rings. The fourth-order valence-corrected chi connectivity index (χ4v) is 4.77. The molecule has 8 heteroatoms. The topological polar surface area (TPSA) is 103 Å². The van der Waals surface area contributed by atoms with E-state index >= 15 is 0 Å². The predicted octanol–water partition coefficient (Wildman–Crippen LogP) is 3.34. The number of nitrogens with one attached hydrogen (secondary N) is 2. The molecule has 7 nitrogen and oxygen atoms in total. The Morgan fingerprint density at radius 1 is 1.13 bits per heavy atom. The van der Waals surface area contributed by atoms with Crippen LogP contribution >= 0.6 is 11.8 Å². The van der Waals surface area contributed by atoms with Crippen molar-refractivity contribution in [1.29, 1.82) is 5.41 Å². The lowest BCUT2D eigenvalue weighted by atomic mass is 9.94. The molecular formula is C23H25N3O4S. The maximum Gasteiger partial charge on any atom is 0.303 e. The summed E-state index contributed by atoms with van der Waals surface area (Å²) in [5.74, 6) is 2.16. The van der Waals surface area contributed by atoms with Gasteiger partial charge >= 0.3 is 5.97 Å². The fourth-order valence-electron chi connectivity index (χ4n) is 3.87. The molecule has 2 heterocycles. The molecule has 162 valence electrons. The molecule has 0 saturated carbocycles. The van der Waals surface area contributed by atoms with Gasteiger partial charge in [0.25, 0.3) is 5.91 Å². The van der Waals surface area contributed by atoms with Crippen LogP contribution in [0.1, 0.15) is 27.9 Å². The smallest absolute Gasteiger partial charge is 0.303 e. The van der Waals surface area contributed by atoms with E-state index in [4.69, 9.17) is 15.3 Å². The zero-order valence-electron chi connectivity index (χ0n) is 17.1. The third kappa shape index (κ3) is 5.19. The Hall–Kier alpha value is -3.00. The van der Waals surface area contributed by atoms with E-state index in [1.165, 1.54) is 0 Å². The van der Waals surface area contributed by atoms with Gasteiger partial charge in [-0.1, -0.05) is 12.1 Å². The number of nitrogens with zero attached hydrogens (tertiary/aromatic N) is 1. The van der Waals surface area contributed by atoms with Gasteiger partial charge in [0, 0.05) is 47.3 Å². The molecule has 3 N–H and O–H groups in total. The first-order chi connectivity index (χ1) is 15.0. The molecule has 0 aromatic heterocycles. The molecule has 0 spiro atoms. The average molecular weight is 440 g/mol. The van der Waals surface area contributed by atoms with Crippen LogP contribution in [-0.2, 0) is 11.2 Å². The van der Waals surface area contributed by atoms with E-state index in [9.17, 15) is 9.59 Å². The van der Waals surface area contributed by atoms with E-state index in [2.05, 4.69) is 10.2 Å². The molecular weight excluding hydrogens is 414 g/mol. The first kappa shape index (κ1) is 21.2. The van der Waals surface area contributed by atoms with Crippen LogP contribution in [0.25, 0.3) is 0 Å². The van der Waals surface area contributed by atoms with Gasteiger partial charge in [-0.15, -0.1) is 0 Å². The van der Waals surface area contributed by atoms with E-state index < -0.39 is 5.97 Å². The van der Waals surface area contributed by atoms with Crippen molar-refractivity contribution in [2.45, 2.75) is 12.8 Å². The predicted molar refractivity (Wildman–Crippen MR) is 122 cm³/mol. The first-order valence-electron chi connectivity index (χ1n) is 10.3. The lowest BCUT2D eigenvalue weighted by Gasteiger charge is -2.28. The lowest BCUT2D eigenvalue weighted by molar-refractivity contribution is -0.138. The standard InChI is InChI=1S/C23H25N3O4S/c24-22(26-7-9-31-10-8-26)16-1-3-17(4-2-16)23(29)25-19-5-6-20-18(13-19)11-15(14-30-20)12-21(27)28/h1-6,13,15,24H,7-12,14H2,(H,25,29)(H,27,28). The number of carbonyl (C=O) groups excluding carboxylic acids is 1. The number of fused-ring (bicyclic) bond motifs is 1. The van der Waals surface area contributed by atoms with Crippen molar-refractivity contribution in [3.05, 3.63) is 59.2 Å². The highest BCUT2D eigenvalue weighted by Crippen LogP contribution is 2.31. The number of hydrogen-bond donors (Lipinski definition) is 3. The van der Waals surface area contributed by atoms with Crippen LogP contribution in [0.2, 0.25) is 0 Å². The highest BCUT2D eigenvalue weighted by molar-refractivity contribution is 7.99. The molecule has 2 aliphatic rings. The summed E-state index contributed by atoms with van der Waals surface area (Å²) in [6, 6.07) is 12.5. The van der Waals surface area contributed by atoms with E-state index in [1.54, 1.807) is 18.2 Å². The lowest BCUT2D eigenvalue weighted by Crippen LogP contribution is -2.37. The highest BCUT2D eigenvalue weighted by Gasteiger charge is 2.23. The second kappa shape index (κ2) is 9.43. The molecule has 0 bridgehead atoms. The Balaban J connectivity index is 1.40. The number of aliphatic carboxylic acids is 1. The molecule has 0 aliphatic carbocycles. The third-order valence-corrected chi connectivity index (χ3v) is 6.46. The normalized spacial score (nSPS) is 17.9. The summed E-state index contributed by atoms with van der Waals surface area (Å²) in [7, 11) is 0. The van der Waals surface area contributed by atoms with Crippen LogP contribution in [0.15, 0.2) is 42.5 Å². The summed E-state index contributed by atoms with van der Waals surface area (Å²) < 4.78 is 5.67. The number of carbonyl (C=O) groups is 2. The fraction of sp³-hybridized carbons (Fsp3) is 0.348. The average Bonchev–Trinajstić information content (AvgIpc) is 2.78. The van der Waals surface area contributed by atoms with Gasteiger partial charge in [0.05, 0.1) is 13.0 Å². The molecule has 1 unspecified atom stereocenters. The third-order valence-electron chi connectivity index (χ3n) is 5.51. The van der Waals surface area contributed by atoms with Gasteiger partial charge in [-0.05, 0) is 42.3 Å². The van der Waals surface area contributed by atoms with Gasteiger partial charge < -0.3 is 20.1 Å². The van der Waals surface area contributed by atoms with Crippen LogP contribution in [0, 0.1) is 11.3 Å². The van der Waals surface area contributed by atoms with Crippen molar-refractivity contribution in [1.82, 2.24) is 4.90 Å². The Labute approximate surface area is 185 Å². The molecule has 0 radical (unpaired) electrons. The summed E-state index contributed by atoms with van der Waals surface area (Å²) in [5, 5.41) is 20.3. The van der Waals surface area contributed by atoms with Crippen LogP contribution in [-0.4, -0.2) is 58.9 Å². The number of amidine groups is 1. The number of rotatable bonds is 5. The summed E-state index contributed by atoms with van der Waals surface area (Å²) in [4.78, 5) is 25.7. The zero-order chi connectivity index (χ0) is 21.8. The minimum Gasteiger partial charge on any atom is -0.493 e. The molecule has 2 aliphatic heterocycles. The molecule has 1 saturated heterocycles. The van der Waals surface area contributed by atoms with Gasteiger partial charge in [0.1, 0.15) is 11.6 Å². The van der Waals surface area contributed by atoms with Crippen LogP contribution < -0.4 is 10.1 Å². The molecule has 1 fully saturated rings. The van der Waals surface area contributed by atoms with E-state index in [0.717, 1.165) is 41.5 Å². The van der Waals surface area contributed by atoms with E-state index in [-0.39, 0.29) is 18.2 Å². The first-order valence-corrected chi connectivity index (χ1v) is 11.5. The van der Waals surface area contributed by atoms with E-state index in [0.29, 0.717) is 30.1 Å². The number of hydrogen-bond acceptors (Lipinski definition) is 5. The molecule has 4 rings (SSSR count). The Kier molecular flexibility index (Phi) is 6.46. The zero-order valence-corrected chi connectivity index (χ0v) is 17.9. The molecule has 2 aromatic carbocycles. The van der Waals surface area contributed by atoms with Gasteiger partial charge in [-0.3, -0.25) is 15.0 Å². The van der Waals surface area contributed by atoms with Gasteiger partial charge in [0.15, 0.2) is 0 Å². The number of benzene rings is 2. The summed E-state index contributed by atoms with van der Waals surface area (Å²) in [5.41, 5.74) is 2.87. The van der Waals surface area contributed by atoms with Crippen molar-refractivity contribution in [3.63, 3.8) is 0 Å². The van der Waals surface area contributed by atoms with Crippen molar-refractivity contribution >= 4 is 35.2 Å². The van der Waals surface area contributed by atoms with Crippen molar-refractivity contribution < 1.29 is 19.4 Å². The van der Waals surface area contributed by atoms with Crippen LogP contribution in [0.3, 0.4) is 0 Å². The second-order valence-corrected chi connectivity index (χ2v) is 9.01. The minimum absolute atomic E-state index is 0.0631. The Morgan fingerprint density at radius 3 is 2.55 bits per heavy atom. The quantitative estimate of drug-likeness (QED) is 0.488. The van der Waals surface area contributed by atoms with Gasteiger partial charge in [0.2, 0.25) is 0 Å². The molecule has 1 atom stereocenters. The number of anilines is 1. The van der Waals surface area contributed by atoms with Crippen molar-refractivity contribution in [2.75, 3.05) is 36.5 Å². The maximum absolute atomic E-state index is 12.7. The van der Waals surface area contributed by atoms with Crippen LogP contribution in [0.4, 0.5) is 5.69 Å². The van der Waals surface area contributed by atoms with Crippen molar-refractivity contribution in [2.24, 2.45) is 5.92 Å². The molecule has 1 amide bonds. The minimum atomic E-state index is -0.836. The number of amides is 1. The molecule has 31 heavy (non-hydrogen) atoms. The SMILES string of the molecule is N=C(c1ccc(C(=O)Nc2ccc3c(c2)CC(CC(=O)O)CO3)cc1)N1CCSCC1. The number of thioether (sulfide) groups is 1. The number of ether oxygens (including phenoxy) is 1. The van der Waals surface area contributed by atoms with Crippen LogP contribution in [0.5, 0.6) is 5.75 Å².